The van der Waals surface area contributed by atoms with Gasteiger partial charge in [-0.25, -0.2) is 9.59 Å². The zero-order valence-corrected chi connectivity index (χ0v) is 35.0. The van der Waals surface area contributed by atoms with Crippen LogP contribution in [0, 0.1) is 5.92 Å². The number of hydrogen-bond donors (Lipinski definition) is 3. The van der Waals surface area contributed by atoms with Gasteiger partial charge in [0.1, 0.15) is 30.3 Å². The highest BCUT2D eigenvalue weighted by atomic mass is 16.6. The number of likely N-dealkylation sites (tertiary alicyclic amines) is 1. The summed E-state index contributed by atoms with van der Waals surface area (Å²) in [5.74, 6) is -1.46. The topological polar surface area (TPSA) is 146 Å². The summed E-state index contributed by atoms with van der Waals surface area (Å²) in [4.78, 5) is 72.5. The molecular weight excluding hydrogens is 747 g/mol. The van der Waals surface area contributed by atoms with E-state index in [1.807, 2.05) is 42.5 Å². The molecule has 3 unspecified atom stereocenters. The molecule has 1 saturated heterocycles. The van der Waals surface area contributed by atoms with Crippen molar-refractivity contribution in [2.75, 3.05) is 20.2 Å². The highest BCUT2D eigenvalue weighted by Crippen LogP contribution is 2.44. The maximum absolute atomic E-state index is 14.9. The first-order chi connectivity index (χ1) is 28.3. The Morgan fingerprint density at radius 3 is 2.10 bits per heavy atom. The fraction of sp³-hybridized carbons (Fsp3) is 0.511. The number of benzene rings is 3. The number of aryl methyl sites for hydroxylation is 1. The Morgan fingerprint density at radius 1 is 0.814 bits per heavy atom. The van der Waals surface area contributed by atoms with Crippen LogP contribution in [-0.4, -0.2) is 89.7 Å². The number of nitrogens with zero attached hydrogens (tertiary/aromatic N) is 2. The molecule has 2 fully saturated rings. The number of fused-ring (bicyclic) bond motifs is 4. The third-order valence-electron chi connectivity index (χ3n) is 12.6. The summed E-state index contributed by atoms with van der Waals surface area (Å²) in [5, 5.41) is 9.26. The molecule has 1 saturated carbocycles. The van der Waals surface area contributed by atoms with E-state index in [4.69, 9.17) is 9.47 Å². The molecule has 0 aromatic heterocycles. The number of carbonyl (C=O) groups excluding carboxylic acids is 5. The smallest absolute Gasteiger partial charge is 0.410 e. The van der Waals surface area contributed by atoms with Crippen molar-refractivity contribution in [3.8, 4) is 11.1 Å². The molecule has 5 amide bonds. The predicted octanol–water partition coefficient (Wildman–Crippen LogP) is 7.01. The SMILES string of the molecule is CC(C(=O)NC(C(=O)N1C[C@@H](NC(=O)OCC2c3ccccc3-c3ccccc32)C[C@H]1C(=O)NC1CCCc2ccccc21)C1CCCCC1)N(C)C(=O)OC(C)(C)C. The Bertz CT molecular complexity index is 1990. The lowest BCUT2D eigenvalue weighted by atomic mass is 9.83. The standard InChI is InChI=1S/C47H59N5O7/c1-29(51(5)46(57)59-47(2,3)4)42(53)50-41(31-17-7-6-8-18-31)44(55)52-27-32(26-40(52)43(54)49-39-25-15-19-30-16-9-10-20-33(30)39)48-45(56)58-28-38-36-23-13-11-21-34(36)35-22-12-14-24-37(35)38/h9-14,16,20-24,29,31-32,38-41H,6-8,15,17-19,25-28H2,1-5H3,(H,48,56)(H,49,54)(H,50,53)/t29?,32-,39?,40-,41?/m0/s1. The highest BCUT2D eigenvalue weighted by molar-refractivity contribution is 5.94. The number of likely N-dealkylation sites (N-methyl/N-ethyl adjacent to an activating group) is 1. The van der Waals surface area contributed by atoms with E-state index in [1.165, 1.54) is 17.5 Å². The Kier molecular flexibility index (Phi) is 12.6. The molecule has 3 N–H and O–H groups in total. The van der Waals surface area contributed by atoms with Crippen LogP contribution >= 0.6 is 0 Å². The fourth-order valence-electron chi connectivity index (χ4n) is 9.38. The van der Waals surface area contributed by atoms with Crippen LogP contribution < -0.4 is 16.0 Å². The minimum Gasteiger partial charge on any atom is -0.449 e. The van der Waals surface area contributed by atoms with Crippen LogP contribution in [0.1, 0.15) is 113 Å². The monoisotopic (exact) mass is 805 g/mol. The molecule has 59 heavy (non-hydrogen) atoms. The lowest BCUT2D eigenvalue weighted by Crippen LogP contribution is -2.59. The number of alkyl carbamates (subject to hydrolysis) is 1. The van der Waals surface area contributed by atoms with E-state index in [-0.39, 0.29) is 49.3 Å². The molecule has 0 radical (unpaired) electrons. The summed E-state index contributed by atoms with van der Waals surface area (Å²) < 4.78 is 11.4. The minimum atomic E-state index is -0.934. The van der Waals surface area contributed by atoms with Crippen molar-refractivity contribution in [2.24, 2.45) is 5.92 Å². The van der Waals surface area contributed by atoms with E-state index in [0.29, 0.717) is 0 Å². The molecule has 1 heterocycles. The number of nitrogens with one attached hydrogen (secondary N) is 3. The first-order valence-corrected chi connectivity index (χ1v) is 21.4. The average Bonchev–Trinajstić information content (AvgIpc) is 3.80. The summed E-state index contributed by atoms with van der Waals surface area (Å²) in [6, 6.07) is 20.8. The molecule has 1 aliphatic heterocycles. The van der Waals surface area contributed by atoms with Gasteiger partial charge in [-0.3, -0.25) is 19.3 Å². The molecule has 12 nitrogen and oxygen atoms in total. The Labute approximate surface area is 347 Å². The largest absolute Gasteiger partial charge is 0.449 e. The number of amides is 5. The van der Waals surface area contributed by atoms with Gasteiger partial charge >= 0.3 is 12.2 Å². The minimum absolute atomic E-state index is 0.0643. The first kappa shape index (κ1) is 41.8. The number of rotatable bonds is 10. The second-order valence-electron chi connectivity index (χ2n) is 17.7. The van der Waals surface area contributed by atoms with Gasteiger partial charge in [-0.05, 0) is 106 Å². The van der Waals surface area contributed by atoms with Gasteiger partial charge < -0.3 is 30.3 Å². The summed E-state index contributed by atoms with van der Waals surface area (Å²) in [6.45, 7) is 7.07. The molecule has 5 atom stereocenters. The van der Waals surface area contributed by atoms with Crippen LogP contribution in [0.3, 0.4) is 0 Å². The van der Waals surface area contributed by atoms with Crippen molar-refractivity contribution in [1.29, 1.82) is 0 Å². The highest BCUT2D eigenvalue weighted by Gasteiger charge is 2.46. The summed E-state index contributed by atoms with van der Waals surface area (Å²) >= 11 is 0. The molecular formula is C47H59N5O7. The Balaban J connectivity index is 1.10. The van der Waals surface area contributed by atoms with Crippen molar-refractivity contribution in [3.05, 3.63) is 95.1 Å². The maximum atomic E-state index is 14.9. The molecule has 314 valence electrons. The van der Waals surface area contributed by atoms with Crippen LogP contribution in [0.4, 0.5) is 9.59 Å². The van der Waals surface area contributed by atoms with E-state index in [0.717, 1.165) is 79.2 Å². The summed E-state index contributed by atoms with van der Waals surface area (Å²) in [7, 11) is 1.50. The second kappa shape index (κ2) is 17.8. The third-order valence-corrected chi connectivity index (χ3v) is 12.6. The van der Waals surface area contributed by atoms with Crippen LogP contribution in [0.5, 0.6) is 0 Å². The van der Waals surface area contributed by atoms with Gasteiger partial charge in [0, 0.05) is 19.5 Å². The predicted molar refractivity (Wildman–Crippen MR) is 224 cm³/mol. The van der Waals surface area contributed by atoms with Gasteiger partial charge in [-0.2, -0.15) is 0 Å². The summed E-state index contributed by atoms with van der Waals surface area (Å²) in [5.41, 5.74) is 5.97. The summed E-state index contributed by atoms with van der Waals surface area (Å²) in [6.07, 6.45) is 5.87. The van der Waals surface area contributed by atoms with E-state index >= 15 is 0 Å². The molecule has 3 aromatic carbocycles. The second-order valence-corrected chi connectivity index (χ2v) is 17.7. The van der Waals surface area contributed by atoms with E-state index in [1.54, 1.807) is 32.6 Å². The van der Waals surface area contributed by atoms with E-state index in [2.05, 4.69) is 46.3 Å². The first-order valence-electron chi connectivity index (χ1n) is 21.4. The normalized spacial score (nSPS) is 21.2. The van der Waals surface area contributed by atoms with Crippen molar-refractivity contribution in [3.63, 3.8) is 0 Å². The molecule has 3 aromatic rings. The van der Waals surface area contributed by atoms with Gasteiger partial charge in [-0.15, -0.1) is 0 Å². The number of ether oxygens (including phenoxy) is 2. The van der Waals surface area contributed by atoms with Gasteiger partial charge in [0.15, 0.2) is 0 Å². The van der Waals surface area contributed by atoms with Crippen molar-refractivity contribution in [2.45, 2.75) is 127 Å². The Hall–Kier alpha value is -5.39. The van der Waals surface area contributed by atoms with Gasteiger partial charge in [0.25, 0.3) is 0 Å². The van der Waals surface area contributed by atoms with Gasteiger partial charge in [-0.1, -0.05) is 92.1 Å². The third kappa shape index (κ3) is 9.42. The van der Waals surface area contributed by atoms with Crippen molar-refractivity contribution >= 4 is 29.9 Å². The lowest BCUT2D eigenvalue weighted by Gasteiger charge is -2.36. The van der Waals surface area contributed by atoms with Crippen LogP contribution in [0.2, 0.25) is 0 Å². The number of hydrogen-bond acceptors (Lipinski definition) is 7. The molecule has 7 rings (SSSR count). The lowest BCUT2D eigenvalue weighted by molar-refractivity contribution is -0.143. The zero-order chi connectivity index (χ0) is 41.8. The zero-order valence-electron chi connectivity index (χ0n) is 35.0. The Morgan fingerprint density at radius 2 is 1.44 bits per heavy atom. The van der Waals surface area contributed by atoms with E-state index in [9.17, 15) is 24.0 Å². The fourth-order valence-corrected chi connectivity index (χ4v) is 9.38. The average molecular weight is 806 g/mol. The maximum Gasteiger partial charge on any atom is 0.410 e. The quantitative estimate of drug-likeness (QED) is 0.200. The molecule has 12 heteroatoms. The molecule has 4 aliphatic rings. The molecule has 0 bridgehead atoms. The van der Waals surface area contributed by atoms with Crippen molar-refractivity contribution < 1.29 is 33.4 Å². The number of carbonyl (C=O) groups is 5. The van der Waals surface area contributed by atoms with Crippen LogP contribution in [0.25, 0.3) is 11.1 Å². The van der Waals surface area contributed by atoms with Gasteiger partial charge in [0.2, 0.25) is 17.7 Å². The van der Waals surface area contributed by atoms with Gasteiger partial charge in [0.05, 0.1) is 12.1 Å². The molecule has 0 spiro atoms. The van der Waals surface area contributed by atoms with Crippen LogP contribution in [0.15, 0.2) is 72.8 Å². The molecule has 3 aliphatic carbocycles. The van der Waals surface area contributed by atoms with Crippen molar-refractivity contribution in [1.82, 2.24) is 25.8 Å². The van der Waals surface area contributed by atoms with Crippen LogP contribution in [-0.2, 0) is 30.3 Å². The van der Waals surface area contributed by atoms with E-state index < -0.39 is 47.9 Å².